The van der Waals surface area contributed by atoms with Crippen LogP contribution in [0, 0.1) is 0 Å². The van der Waals surface area contributed by atoms with Crippen LogP contribution in [0.3, 0.4) is 0 Å². The number of hydrogen-bond acceptors (Lipinski definition) is 3. The molecule has 6 rings (SSSR count). The van der Waals surface area contributed by atoms with Crippen LogP contribution >= 0.6 is 0 Å². The van der Waals surface area contributed by atoms with E-state index in [1.807, 2.05) is 18.2 Å². The predicted molar refractivity (Wildman–Crippen MR) is 86.2 cm³/mol. The first kappa shape index (κ1) is 12.6. The molecular formula is C20H14O3. The molecule has 0 fully saturated rings. The first-order chi connectivity index (χ1) is 11.1. The van der Waals surface area contributed by atoms with Gasteiger partial charge in [-0.25, -0.2) is 0 Å². The van der Waals surface area contributed by atoms with Gasteiger partial charge in [0.2, 0.25) is 0 Å². The van der Waals surface area contributed by atoms with Crippen LogP contribution in [-0.4, -0.2) is 15.3 Å². The van der Waals surface area contributed by atoms with Crippen molar-refractivity contribution in [2.24, 2.45) is 0 Å². The minimum absolute atomic E-state index is 0.0711. The van der Waals surface area contributed by atoms with Crippen LogP contribution < -0.4 is 0 Å². The van der Waals surface area contributed by atoms with E-state index in [-0.39, 0.29) is 29.1 Å². The van der Waals surface area contributed by atoms with Gasteiger partial charge in [-0.1, -0.05) is 18.2 Å². The van der Waals surface area contributed by atoms with Crippen LogP contribution in [0.15, 0.2) is 54.6 Å². The van der Waals surface area contributed by atoms with E-state index in [2.05, 4.69) is 0 Å². The standard InChI is InChI=1S/C20H14O3/c21-10-1-4-13-16(7-10)20-17-8-11(22)2-5-14(17)19(13)15-6-3-12(23)9-18(15)20/h1-9,19-23H. The molecule has 3 heteroatoms. The summed E-state index contributed by atoms with van der Waals surface area (Å²) < 4.78 is 0. The molecule has 3 aromatic carbocycles. The maximum absolute atomic E-state index is 9.92. The number of benzene rings is 3. The van der Waals surface area contributed by atoms with Crippen molar-refractivity contribution in [3.05, 3.63) is 88.0 Å². The Labute approximate surface area is 133 Å². The van der Waals surface area contributed by atoms with Crippen molar-refractivity contribution in [3.8, 4) is 17.2 Å². The number of aromatic hydroxyl groups is 3. The van der Waals surface area contributed by atoms with Gasteiger partial charge < -0.3 is 15.3 Å². The minimum Gasteiger partial charge on any atom is -0.508 e. The van der Waals surface area contributed by atoms with Crippen molar-refractivity contribution in [1.29, 1.82) is 0 Å². The van der Waals surface area contributed by atoms with E-state index in [0.29, 0.717) is 0 Å². The van der Waals surface area contributed by atoms with E-state index >= 15 is 0 Å². The van der Waals surface area contributed by atoms with Crippen LogP contribution in [0.1, 0.15) is 45.2 Å². The van der Waals surface area contributed by atoms with E-state index in [1.165, 1.54) is 16.7 Å². The number of hydrogen-bond donors (Lipinski definition) is 3. The highest BCUT2D eigenvalue weighted by molar-refractivity contribution is 5.69. The molecule has 3 aromatic rings. The van der Waals surface area contributed by atoms with Crippen LogP contribution in [0.25, 0.3) is 0 Å². The Bertz CT molecular complexity index is 847. The Balaban J connectivity index is 1.90. The zero-order valence-corrected chi connectivity index (χ0v) is 12.2. The summed E-state index contributed by atoms with van der Waals surface area (Å²) in [5.41, 5.74) is 6.70. The van der Waals surface area contributed by atoms with Crippen LogP contribution in [0.2, 0.25) is 0 Å². The van der Waals surface area contributed by atoms with Gasteiger partial charge in [-0.05, 0) is 69.8 Å². The summed E-state index contributed by atoms with van der Waals surface area (Å²) >= 11 is 0. The van der Waals surface area contributed by atoms with Crippen molar-refractivity contribution in [2.45, 2.75) is 11.8 Å². The summed E-state index contributed by atoms with van der Waals surface area (Å²) in [5, 5.41) is 29.8. The van der Waals surface area contributed by atoms with Crippen LogP contribution in [-0.2, 0) is 0 Å². The molecule has 0 aliphatic heterocycles. The minimum atomic E-state index is -0.0775. The summed E-state index contributed by atoms with van der Waals surface area (Å²) in [6, 6.07) is 16.5. The van der Waals surface area contributed by atoms with Crippen molar-refractivity contribution >= 4 is 0 Å². The molecule has 23 heavy (non-hydrogen) atoms. The van der Waals surface area contributed by atoms with Gasteiger partial charge in [0.1, 0.15) is 17.2 Å². The second kappa shape index (κ2) is 4.07. The molecule has 3 nitrogen and oxygen atoms in total. The molecule has 3 N–H and O–H groups in total. The van der Waals surface area contributed by atoms with Gasteiger partial charge in [0, 0.05) is 11.8 Å². The lowest BCUT2D eigenvalue weighted by molar-refractivity contribution is 0.470. The van der Waals surface area contributed by atoms with E-state index in [1.54, 1.807) is 36.4 Å². The fourth-order valence-corrected chi connectivity index (χ4v) is 4.23. The third-order valence-electron chi connectivity index (χ3n) is 5.08. The molecule has 0 radical (unpaired) electrons. The Kier molecular flexibility index (Phi) is 2.23. The maximum atomic E-state index is 9.92. The molecule has 112 valence electrons. The highest BCUT2D eigenvalue weighted by Crippen LogP contribution is 2.57. The number of phenols is 3. The molecule has 0 amide bonds. The van der Waals surface area contributed by atoms with Gasteiger partial charge in [0.15, 0.2) is 0 Å². The van der Waals surface area contributed by atoms with Gasteiger partial charge in [-0.3, -0.25) is 0 Å². The predicted octanol–water partition coefficient (Wildman–Crippen LogP) is 3.79. The first-order valence-electron chi connectivity index (χ1n) is 7.62. The molecule has 3 aliphatic carbocycles. The van der Waals surface area contributed by atoms with Gasteiger partial charge in [-0.15, -0.1) is 0 Å². The van der Waals surface area contributed by atoms with Gasteiger partial charge in [0.05, 0.1) is 0 Å². The van der Waals surface area contributed by atoms with E-state index in [4.69, 9.17) is 0 Å². The van der Waals surface area contributed by atoms with E-state index in [0.717, 1.165) is 16.7 Å². The average molecular weight is 302 g/mol. The highest BCUT2D eigenvalue weighted by atomic mass is 16.3. The summed E-state index contributed by atoms with van der Waals surface area (Å²) in [7, 11) is 0. The topological polar surface area (TPSA) is 60.7 Å². The highest BCUT2D eigenvalue weighted by Gasteiger charge is 2.41. The van der Waals surface area contributed by atoms with E-state index in [9.17, 15) is 15.3 Å². The fraction of sp³-hybridized carbons (Fsp3) is 0.100. The van der Waals surface area contributed by atoms with E-state index < -0.39 is 0 Å². The lowest BCUT2D eigenvalue weighted by Gasteiger charge is -2.42. The van der Waals surface area contributed by atoms with Crippen molar-refractivity contribution in [3.63, 3.8) is 0 Å². The van der Waals surface area contributed by atoms with Gasteiger partial charge in [-0.2, -0.15) is 0 Å². The second-order valence-electron chi connectivity index (χ2n) is 6.31. The summed E-state index contributed by atoms with van der Waals surface area (Å²) in [6.45, 7) is 0. The average Bonchev–Trinajstić information content (AvgIpc) is 2.53. The molecule has 0 spiro atoms. The molecule has 0 saturated heterocycles. The van der Waals surface area contributed by atoms with Crippen LogP contribution in [0.5, 0.6) is 17.2 Å². The monoisotopic (exact) mass is 302 g/mol. The first-order valence-corrected chi connectivity index (χ1v) is 7.62. The molecule has 0 saturated carbocycles. The Morgan fingerprint density at radius 3 is 1.09 bits per heavy atom. The summed E-state index contributed by atoms with van der Waals surface area (Å²) in [6.07, 6.45) is 0. The lowest BCUT2D eigenvalue weighted by Crippen LogP contribution is -2.27. The third-order valence-corrected chi connectivity index (χ3v) is 5.08. The largest absolute Gasteiger partial charge is 0.508 e. The molecule has 0 atom stereocenters. The third kappa shape index (κ3) is 1.54. The summed E-state index contributed by atoms with van der Waals surface area (Å²) in [5.74, 6) is 0.701. The molecular weight excluding hydrogens is 288 g/mol. The Morgan fingerprint density at radius 1 is 0.435 bits per heavy atom. The zero-order valence-electron chi connectivity index (χ0n) is 12.2. The normalized spacial score (nSPS) is 19.8. The maximum Gasteiger partial charge on any atom is 0.115 e. The molecule has 0 heterocycles. The van der Waals surface area contributed by atoms with Crippen LogP contribution in [0.4, 0.5) is 0 Å². The molecule has 2 bridgehead atoms. The molecule has 0 aromatic heterocycles. The van der Waals surface area contributed by atoms with Gasteiger partial charge in [0.25, 0.3) is 0 Å². The SMILES string of the molecule is Oc1ccc2c(c1)C1c3cc(O)ccc3C2c2ccc(O)cc21. The molecule has 3 aliphatic rings. The van der Waals surface area contributed by atoms with Crippen molar-refractivity contribution < 1.29 is 15.3 Å². The van der Waals surface area contributed by atoms with Gasteiger partial charge >= 0.3 is 0 Å². The summed E-state index contributed by atoms with van der Waals surface area (Å²) in [4.78, 5) is 0. The lowest BCUT2D eigenvalue weighted by atomic mass is 9.61. The van der Waals surface area contributed by atoms with Crippen molar-refractivity contribution in [2.75, 3.05) is 0 Å². The Hall–Kier alpha value is -2.94. The number of rotatable bonds is 0. The smallest absolute Gasteiger partial charge is 0.115 e. The number of phenolic OH excluding ortho intramolecular Hbond substituents is 3. The molecule has 0 unspecified atom stereocenters. The zero-order chi connectivity index (χ0) is 15.7. The van der Waals surface area contributed by atoms with Crippen molar-refractivity contribution in [1.82, 2.24) is 0 Å². The quantitative estimate of drug-likeness (QED) is 0.408. The fourth-order valence-electron chi connectivity index (χ4n) is 4.23. The Morgan fingerprint density at radius 2 is 0.739 bits per heavy atom. The second-order valence-corrected chi connectivity index (χ2v) is 6.31.